The van der Waals surface area contributed by atoms with Crippen LogP contribution in [0.15, 0.2) is 52.8 Å². The van der Waals surface area contributed by atoms with Crippen molar-refractivity contribution in [1.82, 2.24) is 15.1 Å². The second-order valence-electron chi connectivity index (χ2n) is 6.68. The van der Waals surface area contributed by atoms with E-state index in [0.29, 0.717) is 12.6 Å². The Morgan fingerprint density at radius 1 is 1.15 bits per heavy atom. The molecule has 26 heavy (non-hydrogen) atoms. The number of hydrogen-bond donors (Lipinski definition) is 1. The molecule has 1 aliphatic rings. The van der Waals surface area contributed by atoms with Crippen LogP contribution in [0.4, 0.5) is 0 Å². The first-order chi connectivity index (χ1) is 12.2. The van der Waals surface area contributed by atoms with Gasteiger partial charge in [-0.05, 0) is 42.9 Å². The highest BCUT2D eigenvalue weighted by atomic mass is 127. The maximum atomic E-state index is 4.79. The topological polar surface area (TPSA) is 30.9 Å². The van der Waals surface area contributed by atoms with Crippen LogP contribution in [0, 0.1) is 0 Å². The zero-order valence-electron chi connectivity index (χ0n) is 15.6. The molecule has 0 saturated carbocycles. The zero-order valence-corrected chi connectivity index (χ0v) is 18.7. The molecule has 0 amide bonds. The normalized spacial score (nSPS) is 16.2. The molecule has 1 aromatic carbocycles. The molecule has 3 rings (SSSR count). The van der Waals surface area contributed by atoms with Gasteiger partial charge in [-0.2, -0.15) is 0 Å². The minimum absolute atomic E-state index is 0. The largest absolute Gasteiger partial charge is 0.354 e. The number of aliphatic imine (C=N–C) groups is 1. The molecule has 142 valence electrons. The lowest BCUT2D eigenvalue weighted by Crippen LogP contribution is -2.42. The molecule has 1 N–H and O–H groups in total. The molecule has 0 aliphatic carbocycles. The summed E-state index contributed by atoms with van der Waals surface area (Å²) in [4.78, 5) is 10.9. The SMILES string of the molecule is CN(C)C(=NCc1ccccc1)NCC(c1cccs1)N1CCCC1.I. The number of benzene rings is 1. The van der Waals surface area contributed by atoms with Crippen LogP contribution in [0.2, 0.25) is 0 Å². The van der Waals surface area contributed by atoms with Crippen LogP contribution in [-0.2, 0) is 6.54 Å². The molecule has 1 aromatic heterocycles. The lowest BCUT2D eigenvalue weighted by molar-refractivity contribution is 0.248. The van der Waals surface area contributed by atoms with Gasteiger partial charge >= 0.3 is 0 Å². The zero-order chi connectivity index (χ0) is 17.5. The third-order valence-electron chi connectivity index (χ3n) is 4.58. The molecule has 6 heteroatoms. The van der Waals surface area contributed by atoms with E-state index in [4.69, 9.17) is 4.99 Å². The molecule has 1 fully saturated rings. The number of rotatable bonds is 6. The predicted molar refractivity (Wildman–Crippen MR) is 123 cm³/mol. The van der Waals surface area contributed by atoms with E-state index in [2.05, 4.69) is 56.9 Å². The monoisotopic (exact) mass is 484 g/mol. The van der Waals surface area contributed by atoms with E-state index >= 15 is 0 Å². The second kappa shape index (κ2) is 10.9. The Bertz CT molecular complexity index is 652. The minimum atomic E-state index is 0. The van der Waals surface area contributed by atoms with Crippen LogP contribution in [0.1, 0.15) is 29.3 Å². The summed E-state index contributed by atoms with van der Waals surface area (Å²) in [6.45, 7) is 3.99. The Balaban J connectivity index is 0.00000243. The van der Waals surface area contributed by atoms with Crippen LogP contribution < -0.4 is 5.32 Å². The van der Waals surface area contributed by atoms with Crippen LogP contribution in [0.5, 0.6) is 0 Å². The maximum absolute atomic E-state index is 4.79. The van der Waals surface area contributed by atoms with E-state index in [1.54, 1.807) is 0 Å². The number of hydrogen-bond acceptors (Lipinski definition) is 3. The first-order valence-electron chi connectivity index (χ1n) is 9.01. The van der Waals surface area contributed by atoms with Crippen molar-refractivity contribution >= 4 is 41.3 Å². The summed E-state index contributed by atoms with van der Waals surface area (Å²) in [5, 5.41) is 5.77. The molecule has 2 heterocycles. The average molecular weight is 484 g/mol. The smallest absolute Gasteiger partial charge is 0.193 e. The average Bonchev–Trinajstić information content (AvgIpc) is 3.32. The molecule has 4 nitrogen and oxygen atoms in total. The molecule has 0 radical (unpaired) electrons. The Kier molecular flexibility index (Phi) is 8.87. The summed E-state index contributed by atoms with van der Waals surface area (Å²) in [5.74, 6) is 0.949. The highest BCUT2D eigenvalue weighted by molar-refractivity contribution is 14.0. The summed E-state index contributed by atoms with van der Waals surface area (Å²) in [7, 11) is 4.10. The van der Waals surface area contributed by atoms with Crippen molar-refractivity contribution in [2.45, 2.75) is 25.4 Å². The fraction of sp³-hybridized carbons (Fsp3) is 0.450. The molecular weight excluding hydrogens is 455 g/mol. The third kappa shape index (κ3) is 5.96. The van der Waals surface area contributed by atoms with Gasteiger partial charge in [-0.1, -0.05) is 36.4 Å². The van der Waals surface area contributed by atoms with Crippen molar-refractivity contribution in [1.29, 1.82) is 0 Å². The summed E-state index contributed by atoms with van der Waals surface area (Å²) in [6, 6.07) is 15.3. The Labute approximate surface area is 178 Å². The molecule has 1 unspecified atom stereocenters. The molecule has 1 atom stereocenters. The Hall–Kier alpha value is -1.12. The van der Waals surface area contributed by atoms with Crippen molar-refractivity contribution in [3.05, 3.63) is 58.3 Å². The summed E-state index contributed by atoms with van der Waals surface area (Å²) >= 11 is 1.85. The second-order valence-corrected chi connectivity index (χ2v) is 7.65. The van der Waals surface area contributed by atoms with E-state index in [1.807, 2.05) is 31.5 Å². The van der Waals surface area contributed by atoms with Crippen molar-refractivity contribution in [2.75, 3.05) is 33.7 Å². The van der Waals surface area contributed by atoms with Crippen molar-refractivity contribution in [3.8, 4) is 0 Å². The standard InChI is InChI=1S/C20H28N4S.HI/c1-23(2)20(21-15-17-9-4-3-5-10-17)22-16-18(19-11-8-14-25-19)24-12-6-7-13-24;/h3-5,8-11,14,18H,6-7,12-13,15-16H2,1-2H3,(H,21,22);1H. The van der Waals surface area contributed by atoms with Crippen LogP contribution in [-0.4, -0.2) is 49.5 Å². The van der Waals surface area contributed by atoms with Gasteiger partial charge in [0.15, 0.2) is 5.96 Å². The van der Waals surface area contributed by atoms with Gasteiger partial charge in [-0.15, -0.1) is 35.3 Å². The first kappa shape index (κ1) is 21.2. The lowest BCUT2D eigenvalue weighted by atomic mass is 10.2. The minimum Gasteiger partial charge on any atom is -0.354 e. The van der Waals surface area contributed by atoms with E-state index < -0.39 is 0 Å². The molecule has 1 saturated heterocycles. The highest BCUT2D eigenvalue weighted by Gasteiger charge is 2.24. The van der Waals surface area contributed by atoms with E-state index in [-0.39, 0.29) is 24.0 Å². The molecular formula is C20H29IN4S. The maximum Gasteiger partial charge on any atom is 0.193 e. The number of halogens is 1. The molecule has 2 aromatic rings. The van der Waals surface area contributed by atoms with Gasteiger partial charge < -0.3 is 10.2 Å². The fourth-order valence-corrected chi connectivity index (χ4v) is 4.10. The van der Waals surface area contributed by atoms with Crippen molar-refractivity contribution in [3.63, 3.8) is 0 Å². The van der Waals surface area contributed by atoms with Gasteiger partial charge in [-0.3, -0.25) is 4.90 Å². The van der Waals surface area contributed by atoms with E-state index in [1.165, 1.54) is 36.4 Å². The van der Waals surface area contributed by atoms with Crippen LogP contribution >= 0.6 is 35.3 Å². The van der Waals surface area contributed by atoms with Gasteiger partial charge in [0.1, 0.15) is 0 Å². The van der Waals surface area contributed by atoms with Gasteiger partial charge in [0.05, 0.1) is 12.6 Å². The molecule has 0 bridgehead atoms. The quantitative estimate of drug-likeness (QED) is 0.379. The van der Waals surface area contributed by atoms with E-state index in [0.717, 1.165) is 12.5 Å². The predicted octanol–water partition coefficient (Wildman–Crippen LogP) is 4.21. The number of nitrogens with zero attached hydrogens (tertiary/aromatic N) is 3. The summed E-state index contributed by atoms with van der Waals surface area (Å²) in [6.07, 6.45) is 2.62. The summed E-state index contributed by atoms with van der Waals surface area (Å²) < 4.78 is 0. The van der Waals surface area contributed by atoms with Gasteiger partial charge in [-0.25, -0.2) is 4.99 Å². The highest BCUT2D eigenvalue weighted by Crippen LogP contribution is 2.27. The van der Waals surface area contributed by atoms with Gasteiger partial charge in [0.2, 0.25) is 0 Å². The Morgan fingerprint density at radius 3 is 2.50 bits per heavy atom. The summed E-state index contributed by atoms with van der Waals surface area (Å²) in [5.41, 5.74) is 1.23. The number of likely N-dealkylation sites (tertiary alicyclic amines) is 1. The van der Waals surface area contributed by atoms with Crippen LogP contribution in [0.3, 0.4) is 0 Å². The number of thiophene rings is 1. The van der Waals surface area contributed by atoms with Gasteiger partial charge in [0, 0.05) is 25.5 Å². The lowest BCUT2D eigenvalue weighted by Gasteiger charge is -2.28. The molecule has 1 aliphatic heterocycles. The van der Waals surface area contributed by atoms with Gasteiger partial charge in [0.25, 0.3) is 0 Å². The van der Waals surface area contributed by atoms with E-state index in [9.17, 15) is 0 Å². The number of guanidine groups is 1. The van der Waals surface area contributed by atoms with Crippen LogP contribution in [0.25, 0.3) is 0 Å². The number of nitrogens with one attached hydrogen (secondary N) is 1. The Morgan fingerprint density at radius 2 is 1.88 bits per heavy atom. The first-order valence-corrected chi connectivity index (χ1v) is 9.89. The van der Waals surface area contributed by atoms with Crippen molar-refractivity contribution in [2.24, 2.45) is 4.99 Å². The third-order valence-corrected chi connectivity index (χ3v) is 5.56. The molecule has 0 spiro atoms. The fourth-order valence-electron chi connectivity index (χ4n) is 3.24. The van der Waals surface area contributed by atoms with Crippen molar-refractivity contribution < 1.29 is 0 Å².